The molecule has 2 amide bonds. The molecular formula is C18H28N2O4. The van der Waals surface area contributed by atoms with Gasteiger partial charge in [-0.2, -0.15) is 0 Å². The zero-order valence-electron chi connectivity index (χ0n) is 14.6. The predicted molar refractivity (Wildman–Crippen MR) is 94.4 cm³/mol. The number of carbonyl (C=O) groups is 2. The van der Waals surface area contributed by atoms with Gasteiger partial charge in [0.25, 0.3) is 0 Å². The van der Waals surface area contributed by atoms with Crippen LogP contribution in [0.4, 0.5) is 10.5 Å². The first-order valence-electron chi connectivity index (χ1n) is 8.57. The third-order valence-electron chi connectivity index (χ3n) is 3.21. The van der Waals surface area contributed by atoms with E-state index in [4.69, 9.17) is 9.47 Å². The van der Waals surface area contributed by atoms with E-state index in [1.54, 1.807) is 24.3 Å². The number of hydrogen-bond donors (Lipinski definition) is 2. The third kappa shape index (κ3) is 8.53. The average Bonchev–Trinajstić information content (AvgIpc) is 2.59. The maximum Gasteiger partial charge on any atom is 0.338 e. The van der Waals surface area contributed by atoms with Gasteiger partial charge in [-0.25, -0.2) is 9.59 Å². The lowest BCUT2D eigenvalue weighted by Gasteiger charge is -2.09. The van der Waals surface area contributed by atoms with Gasteiger partial charge in [0.15, 0.2) is 0 Å². The molecule has 0 atom stereocenters. The molecule has 0 unspecified atom stereocenters. The molecule has 0 aliphatic heterocycles. The summed E-state index contributed by atoms with van der Waals surface area (Å²) in [6, 6.07) is 6.37. The number of esters is 1. The Bertz CT molecular complexity index is 488. The van der Waals surface area contributed by atoms with E-state index in [9.17, 15) is 9.59 Å². The highest BCUT2D eigenvalue weighted by atomic mass is 16.5. The van der Waals surface area contributed by atoms with Gasteiger partial charge in [0, 0.05) is 25.4 Å². The van der Waals surface area contributed by atoms with Crippen molar-refractivity contribution in [3.8, 4) is 0 Å². The summed E-state index contributed by atoms with van der Waals surface area (Å²) < 4.78 is 10.5. The Labute approximate surface area is 143 Å². The first-order chi connectivity index (χ1) is 11.7. The fourth-order valence-corrected chi connectivity index (χ4v) is 1.88. The molecular weight excluding hydrogens is 308 g/mol. The zero-order chi connectivity index (χ0) is 17.6. The first-order valence-corrected chi connectivity index (χ1v) is 8.57. The Hall–Kier alpha value is -2.08. The fraction of sp³-hybridized carbons (Fsp3) is 0.556. The number of ether oxygens (including phenoxy) is 2. The van der Waals surface area contributed by atoms with Gasteiger partial charge in [0.05, 0.1) is 12.2 Å². The van der Waals surface area contributed by atoms with E-state index >= 15 is 0 Å². The summed E-state index contributed by atoms with van der Waals surface area (Å²) in [7, 11) is 0. The Morgan fingerprint density at radius 1 is 0.958 bits per heavy atom. The Morgan fingerprint density at radius 3 is 2.38 bits per heavy atom. The number of amides is 2. The third-order valence-corrected chi connectivity index (χ3v) is 3.21. The molecule has 0 saturated heterocycles. The highest BCUT2D eigenvalue weighted by molar-refractivity contribution is 5.92. The standard InChI is InChI=1S/C18H28N2O4/c1-3-5-14-24-17(21)15-7-9-16(10-8-15)20-18(22)19-11-6-13-23-12-4-2/h7-10H,3-6,11-14H2,1-2H3,(H2,19,20,22). The molecule has 6 heteroatoms. The van der Waals surface area contributed by atoms with Crippen LogP contribution in [0.2, 0.25) is 0 Å². The van der Waals surface area contributed by atoms with Gasteiger partial charge in [-0.05, 0) is 43.5 Å². The lowest BCUT2D eigenvalue weighted by atomic mass is 10.2. The monoisotopic (exact) mass is 336 g/mol. The number of unbranched alkanes of at least 4 members (excludes halogenated alkanes) is 1. The number of anilines is 1. The summed E-state index contributed by atoms with van der Waals surface area (Å²) in [6.07, 6.45) is 3.61. The molecule has 1 rings (SSSR count). The number of carbonyl (C=O) groups excluding carboxylic acids is 2. The molecule has 0 fully saturated rings. The smallest absolute Gasteiger partial charge is 0.338 e. The molecule has 0 saturated carbocycles. The van der Waals surface area contributed by atoms with E-state index in [2.05, 4.69) is 17.6 Å². The Balaban J connectivity index is 2.28. The van der Waals surface area contributed by atoms with E-state index < -0.39 is 0 Å². The van der Waals surface area contributed by atoms with Gasteiger partial charge >= 0.3 is 12.0 Å². The van der Waals surface area contributed by atoms with Crippen molar-refractivity contribution in [1.82, 2.24) is 5.32 Å². The second-order valence-electron chi connectivity index (χ2n) is 5.41. The van der Waals surface area contributed by atoms with Crippen LogP contribution >= 0.6 is 0 Å². The molecule has 134 valence electrons. The van der Waals surface area contributed by atoms with Gasteiger partial charge in [0.2, 0.25) is 0 Å². The molecule has 0 aliphatic rings. The molecule has 2 N–H and O–H groups in total. The van der Waals surface area contributed by atoms with Crippen LogP contribution in [0.5, 0.6) is 0 Å². The van der Waals surface area contributed by atoms with Gasteiger partial charge in [0.1, 0.15) is 0 Å². The lowest BCUT2D eigenvalue weighted by molar-refractivity contribution is 0.0500. The summed E-state index contributed by atoms with van der Waals surface area (Å²) >= 11 is 0. The van der Waals surface area contributed by atoms with E-state index in [0.29, 0.717) is 31.0 Å². The van der Waals surface area contributed by atoms with Crippen LogP contribution in [0.3, 0.4) is 0 Å². The normalized spacial score (nSPS) is 10.2. The summed E-state index contributed by atoms with van der Waals surface area (Å²) in [5, 5.41) is 5.48. The van der Waals surface area contributed by atoms with Gasteiger partial charge in [-0.3, -0.25) is 0 Å². The minimum absolute atomic E-state index is 0.274. The maximum absolute atomic E-state index is 11.8. The quantitative estimate of drug-likeness (QED) is 0.478. The first kappa shape index (κ1) is 20.0. The number of urea groups is 1. The van der Waals surface area contributed by atoms with Crippen LogP contribution < -0.4 is 10.6 Å². The Kier molecular flexibility index (Phi) is 10.3. The van der Waals surface area contributed by atoms with Crippen molar-refractivity contribution in [2.45, 2.75) is 39.5 Å². The highest BCUT2D eigenvalue weighted by Crippen LogP contribution is 2.10. The molecule has 24 heavy (non-hydrogen) atoms. The van der Waals surface area contributed by atoms with Crippen molar-refractivity contribution >= 4 is 17.7 Å². The van der Waals surface area contributed by atoms with E-state index in [1.807, 2.05) is 6.92 Å². The summed E-state index contributed by atoms with van der Waals surface area (Å²) in [4.78, 5) is 23.5. The maximum atomic E-state index is 11.8. The van der Waals surface area contributed by atoms with Crippen molar-refractivity contribution < 1.29 is 19.1 Å². The molecule has 0 aromatic heterocycles. The van der Waals surface area contributed by atoms with E-state index in [1.165, 1.54) is 0 Å². The van der Waals surface area contributed by atoms with Gasteiger partial charge in [-0.1, -0.05) is 20.3 Å². The van der Waals surface area contributed by atoms with Crippen molar-refractivity contribution in [2.24, 2.45) is 0 Å². The van der Waals surface area contributed by atoms with Crippen molar-refractivity contribution in [1.29, 1.82) is 0 Å². The molecule has 1 aromatic carbocycles. The molecule has 6 nitrogen and oxygen atoms in total. The number of nitrogens with one attached hydrogen (secondary N) is 2. The van der Waals surface area contributed by atoms with Gasteiger partial charge in [-0.15, -0.1) is 0 Å². The molecule has 1 aromatic rings. The minimum atomic E-state index is -0.341. The number of benzene rings is 1. The van der Waals surface area contributed by atoms with Crippen molar-refractivity contribution in [3.05, 3.63) is 29.8 Å². The second-order valence-corrected chi connectivity index (χ2v) is 5.41. The fourth-order valence-electron chi connectivity index (χ4n) is 1.88. The van der Waals surface area contributed by atoms with Crippen molar-refractivity contribution in [3.63, 3.8) is 0 Å². The second kappa shape index (κ2) is 12.4. The largest absolute Gasteiger partial charge is 0.462 e. The van der Waals surface area contributed by atoms with Gasteiger partial charge < -0.3 is 20.1 Å². The molecule has 0 heterocycles. The number of hydrogen-bond acceptors (Lipinski definition) is 4. The summed E-state index contributed by atoms with van der Waals surface area (Å²) in [5.41, 5.74) is 1.10. The zero-order valence-corrected chi connectivity index (χ0v) is 14.6. The summed E-state index contributed by atoms with van der Waals surface area (Å²) in [5.74, 6) is -0.341. The van der Waals surface area contributed by atoms with Crippen LogP contribution in [0.1, 0.15) is 49.9 Å². The van der Waals surface area contributed by atoms with Crippen LogP contribution in [0.15, 0.2) is 24.3 Å². The molecule has 0 radical (unpaired) electrons. The average molecular weight is 336 g/mol. The predicted octanol–water partition coefficient (Wildman–Crippen LogP) is 3.58. The SMILES string of the molecule is CCCCOC(=O)c1ccc(NC(=O)NCCCOCCC)cc1. The van der Waals surface area contributed by atoms with Crippen molar-refractivity contribution in [2.75, 3.05) is 31.7 Å². The minimum Gasteiger partial charge on any atom is -0.462 e. The van der Waals surface area contributed by atoms with Crippen LogP contribution in [0, 0.1) is 0 Å². The Morgan fingerprint density at radius 2 is 1.71 bits per heavy atom. The van der Waals surface area contributed by atoms with Crippen LogP contribution in [-0.4, -0.2) is 38.4 Å². The molecule has 0 aliphatic carbocycles. The number of rotatable bonds is 11. The van der Waals surface area contributed by atoms with E-state index in [0.717, 1.165) is 32.3 Å². The topological polar surface area (TPSA) is 76.7 Å². The van der Waals surface area contributed by atoms with E-state index in [-0.39, 0.29) is 12.0 Å². The lowest BCUT2D eigenvalue weighted by Crippen LogP contribution is -2.30. The summed E-state index contributed by atoms with van der Waals surface area (Å²) in [6.45, 7) is 6.47. The highest BCUT2D eigenvalue weighted by Gasteiger charge is 2.07. The molecule has 0 bridgehead atoms. The van der Waals surface area contributed by atoms with Crippen LogP contribution in [-0.2, 0) is 9.47 Å². The molecule has 0 spiro atoms. The van der Waals surface area contributed by atoms with Crippen LogP contribution in [0.25, 0.3) is 0 Å².